The van der Waals surface area contributed by atoms with Crippen molar-refractivity contribution < 1.29 is 23.0 Å². The molecule has 0 saturated heterocycles. The summed E-state index contributed by atoms with van der Waals surface area (Å²) >= 11 is 6.59. The number of carbonyl (C=O) groups excluding carboxylic acids is 1. The molecule has 0 aliphatic rings. The van der Waals surface area contributed by atoms with Crippen LogP contribution in [0.4, 0.5) is 14.5 Å². The van der Waals surface area contributed by atoms with Crippen molar-refractivity contribution in [2.24, 2.45) is 0 Å². The molecule has 0 aliphatic heterocycles. The van der Waals surface area contributed by atoms with E-state index in [9.17, 15) is 13.6 Å². The monoisotopic (exact) mass is 449 g/mol. The number of halogens is 4. The van der Waals surface area contributed by atoms with E-state index in [-0.39, 0.29) is 17.0 Å². The van der Waals surface area contributed by atoms with Crippen molar-refractivity contribution in [3.63, 3.8) is 0 Å². The highest BCUT2D eigenvalue weighted by atomic mass is 79.9. The maximum absolute atomic E-state index is 12.5. The molecule has 23 heavy (non-hydrogen) atoms. The lowest BCUT2D eigenvalue weighted by Gasteiger charge is -2.14. The van der Waals surface area contributed by atoms with E-state index >= 15 is 0 Å². The minimum absolute atomic E-state index is 0.121. The molecule has 0 bridgehead atoms. The fourth-order valence-electron chi connectivity index (χ4n) is 1.89. The van der Waals surface area contributed by atoms with Crippen molar-refractivity contribution in [2.75, 3.05) is 12.4 Å². The van der Waals surface area contributed by atoms with E-state index < -0.39 is 12.5 Å². The van der Waals surface area contributed by atoms with E-state index in [0.29, 0.717) is 14.7 Å². The molecule has 0 fully saturated rings. The highest BCUT2D eigenvalue weighted by Crippen LogP contribution is 2.34. The third kappa shape index (κ3) is 4.42. The largest absolute Gasteiger partial charge is 0.495 e. The van der Waals surface area contributed by atoms with Gasteiger partial charge in [-0.25, -0.2) is 0 Å². The quantitative estimate of drug-likeness (QED) is 0.691. The first-order chi connectivity index (χ1) is 10.9. The van der Waals surface area contributed by atoms with Crippen LogP contribution in [0.1, 0.15) is 10.4 Å². The average molecular weight is 451 g/mol. The number of rotatable bonds is 5. The van der Waals surface area contributed by atoms with Crippen LogP contribution in [0.5, 0.6) is 11.5 Å². The van der Waals surface area contributed by atoms with E-state index in [4.69, 9.17) is 4.74 Å². The van der Waals surface area contributed by atoms with Gasteiger partial charge in [0.25, 0.3) is 5.91 Å². The summed E-state index contributed by atoms with van der Waals surface area (Å²) in [5.74, 6) is -0.309. The zero-order chi connectivity index (χ0) is 17.0. The summed E-state index contributed by atoms with van der Waals surface area (Å²) in [5, 5.41) is 2.54. The standard InChI is InChI=1S/C15H11Br2F2NO3/c1-22-13-9(6-8(16)7-10(13)17)14(21)20-11-4-2-3-5-12(11)23-15(18)19/h2-7,15H,1H3,(H,20,21). The second kappa shape index (κ2) is 7.74. The fraction of sp³-hybridized carbons (Fsp3) is 0.133. The number of alkyl halides is 2. The molecule has 0 aromatic heterocycles. The maximum atomic E-state index is 12.5. The van der Waals surface area contributed by atoms with Crippen LogP contribution >= 0.6 is 31.9 Å². The molecular formula is C15H11Br2F2NO3. The van der Waals surface area contributed by atoms with E-state index in [2.05, 4.69) is 41.9 Å². The van der Waals surface area contributed by atoms with Gasteiger partial charge in [-0.1, -0.05) is 28.1 Å². The molecule has 2 rings (SSSR count). The second-order valence-electron chi connectivity index (χ2n) is 4.30. The predicted octanol–water partition coefficient (Wildman–Crippen LogP) is 5.07. The summed E-state index contributed by atoms with van der Waals surface area (Å²) < 4.78 is 35.7. The Morgan fingerprint density at radius 2 is 1.91 bits per heavy atom. The Hall–Kier alpha value is -1.67. The molecule has 0 spiro atoms. The lowest BCUT2D eigenvalue weighted by molar-refractivity contribution is -0.0493. The molecule has 2 aromatic rings. The summed E-state index contributed by atoms with van der Waals surface area (Å²) in [4.78, 5) is 12.5. The minimum Gasteiger partial charge on any atom is -0.495 e. The number of carbonyl (C=O) groups is 1. The fourth-order valence-corrected chi connectivity index (χ4v) is 3.28. The van der Waals surface area contributed by atoms with Gasteiger partial charge in [-0.3, -0.25) is 4.79 Å². The highest BCUT2D eigenvalue weighted by Gasteiger charge is 2.18. The number of nitrogens with one attached hydrogen (secondary N) is 1. The number of ether oxygens (including phenoxy) is 2. The van der Waals surface area contributed by atoms with Crippen molar-refractivity contribution in [3.8, 4) is 11.5 Å². The highest BCUT2D eigenvalue weighted by molar-refractivity contribution is 9.11. The summed E-state index contributed by atoms with van der Waals surface area (Å²) in [6.07, 6.45) is 0. The Labute approximate surface area is 148 Å². The van der Waals surface area contributed by atoms with Gasteiger partial charge in [0.2, 0.25) is 0 Å². The SMILES string of the molecule is COc1c(Br)cc(Br)cc1C(=O)Nc1ccccc1OC(F)F. The lowest BCUT2D eigenvalue weighted by Crippen LogP contribution is -2.15. The zero-order valence-electron chi connectivity index (χ0n) is 11.8. The van der Waals surface area contributed by atoms with Gasteiger partial charge in [-0.2, -0.15) is 8.78 Å². The summed E-state index contributed by atoms with van der Waals surface area (Å²) in [5.41, 5.74) is 0.372. The van der Waals surface area contributed by atoms with Crippen LogP contribution in [0.15, 0.2) is 45.3 Å². The molecule has 122 valence electrons. The number of para-hydroxylation sites is 2. The molecule has 1 amide bonds. The molecule has 0 unspecified atom stereocenters. The van der Waals surface area contributed by atoms with Gasteiger partial charge in [0.1, 0.15) is 11.5 Å². The van der Waals surface area contributed by atoms with Gasteiger partial charge in [0, 0.05) is 4.47 Å². The van der Waals surface area contributed by atoms with Gasteiger partial charge < -0.3 is 14.8 Å². The van der Waals surface area contributed by atoms with Crippen molar-refractivity contribution in [1.29, 1.82) is 0 Å². The molecule has 0 saturated carbocycles. The number of methoxy groups -OCH3 is 1. The molecule has 8 heteroatoms. The van der Waals surface area contributed by atoms with Crippen LogP contribution < -0.4 is 14.8 Å². The van der Waals surface area contributed by atoms with Gasteiger partial charge in [-0.05, 0) is 40.2 Å². The van der Waals surface area contributed by atoms with Crippen LogP contribution in [-0.4, -0.2) is 19.6 Å². The normalized spacial score (nSPS) is 10.5. The zero-order valence-corrected chi connectivity index (χ0v) is 15.0. The van der Waals surface area contributed by atoms with Crippen LogP contribution in [0.3, 0.4) is 0 Å². The predicted molar refractivity (Wildman–Crippen MR) is 89.4 cm³/mol. The summed E-state index contributed by atoms with van der Waals surface area (Å²) in [6.45, 7) is -2.98. The Morgan fingerprint density at radius 1 is 1.22 bits per heavy atom. The third-order valence-corrected chi connectivity index (χ3v) is 3.86. The van der Waals surface area contributed by atoms with Gasteiger partial charge >= 0.3 is 6.61 Å². The van der Waals surface area contributed by atoms with E-state index in [1.54, 1.807) is 18.2 Å². The maximum Gasteiger partial charge on any atom is 0.387 e. The number of hydrogen-bond acceptors (Lipinski definition) is 3. The molecular weight excluding hydrogens is 440 g/mol. The van der Waals surface area contributed by atoms with Crippen molar-refractivity contribution >= 4 is 43.5 Å². The van der Waals surface area contributed by atoms with Crippen molar-refractivity contribution in [3.05, 3.63) is 50.9 Å². The molecule has 1 N–H and O–H groups in total. The summed E-state index contributed by atoms with van der Waals surface area (Å²) in [7, 11) is 1.43. The first-order valence-electron chi connectivity index (χ1n) is 6.30. The van der Waals surface area contributed by atoms with Crippen LogP contribution in [0, 0.1) is 0 Å². The minimum atomic E-state index is -2.98. The first kappa shape index (κ1) is 17.7. The average Bonchev–Trinajstić information content (AvgIpc) is 2.48. The van der Waals surface area contributed by atoms with Gasteiger partial charge in [0.15, 0.2) is 0 Å². The summed E-state index contributed by atoms with van der Waals surface area (Å²) in [6, 6.07) is 9.23. The molecule has 4 nitrogen and oxygen atoms in total. The van der Waals surface area contributed by atoms with Crippen molar-refractivity contribution in [1.82, 2.24) is 0 Å². The van der Waals surface area contributed by atoms with Crippen molar-refractivity contribution in [2.45, 2.75) is 6.61 Å². The van der Waals surface area contributed by atoms with Crippen LogP contribution in [0.2, 0.25) is 0 Å². The van der Waals surface area contributed by atoms with Gasteiger partial charge in [-0.15, -0.1) is 0 Å². The molecule has 0 atom stereocenters. The van der Waals surface area contributed by atoms with E-state index in [1.807, 2.05) is 0 Å². The Balaban J connectivity index is 2.34. The molecule has 0 heterocycles. The lowest BCUT2D eigenvalue weighted by atomic mass is 10.1. The Kier molecular flexibility index (Phi) is 5.95. The smallest absolute Gasteiger partial charge is 0.387 e. The number of anilines is 1. The van der Waals surface area contributed by atoms with E-state index in [0.717, 1.165) is 0 Å². The van der Waals surface area contributed by atoms with Crippen LogP contribution in [-0.2, 0) is 0 Å². The van der Waals surface area contributed by atoms with Gasteiger partial charge in [0.05, 0.1) is 22.8 Å². The number of amides is 1. The Bertz CT molecular complexity index is 726. The molecule has 0 aliphatic carbocycles. The number of benzene rings is 2. The first-order valence-corrected chi connectivity index (χ1v) is 7.89. The van der Waals surface area contributed by atoms with E-state index in [1.165, 1.54) is 25.3 Å². The molecule has 2 aromatic carbocycles. The molecule has 0 radical (unpaired) electrons. The topological polar surface area (TPSA) is 47.6 Å². The Morgan fingerprint density at radius 3 is 2.57 bits per heavy atom. The third-order valence-electron chi connectivity index (χ3n) is 2.81. The van der Waals surface area contributed by atoms with Crippen LogP contribution in [0.25, 0.3) is 0 Å². The second-order valence-corrected chi connectivity index (χ2v) is 6.07. The number of hydrogen-bond donors (Lipinski definition) is 1.